The molecule has 1 aliphatic rings. The zero-order valence-electron chi connectivity index (χ0n) is 12.4. The van der Waals surface area contributed by atoms with E-state index in [-0.39, 0.29) is 0 Å². The SMILES string of the molecule is Clc1ccc(Cl)c(-n2nc(-c3ccsc3)c3c2NCCCC3)c1. The lowest BCUT2D eigenvalue weighted by molar-refractivity contribution is 0.780. The second kappa shape index (κ2) is 6.19. The monoisotopic (exact) mass is 363 g/mol. The van der Waals surface area contributed by atoms with Crippen molar-refractivity contribution in [1.29, 1.82) is 0 Å². The molecule has 0 saturated carbocycles. The maximum absolute atomic E-state index is 6.40. The van der Waals surface area contributed by atoms with E-state index >= 15 is 0 Å². The topological polar surface area (TPSA) is 29.9 Å². The van der Waals surface area contributed by atoms with E-state index in [1.165, 1.54) is 5.56 Å². The van der Waals surface area contributed by atoms with Crippen molar-refractivity contribution in [3.63, 3.8) is 0 Å². The van der Waals surface area contributed by atoms with E-state index in [2.05, 4.69) is 22.1 Å². The molecule has 1 N–H and O–H groups in total. The summed E-state index contributed by atoms with van der Waals surface area (Å²) in [7, 11) is 0. The van der Waals surface area contributed by atoms with Gasteiger partial charge in [0.25, 0.3) is 0 Å². The Morgan fingerprint density at radius 1 is 1.17 bits per heavy atom. The summed E-state index contributed by atoms with van der Waals surface area (Å²) in [5, 5.41) is 13.9. The fourth-order valence-corrected chi connectivity index (χ4v) is 3.96. The first-order chi connectivity index (χ1) is 11.2. The highest BCUT2D eigenvalue weighted by molar-refractivity contribution is 7.08. The first kappa shape index (κ1) is 15.1. The van der Waals surface area contributed by atoms with Crippen LogP contribution >= 0.6 is 34.5 Å². The van der Waals surface area contributed by atoms with Crippen LogP contribution in [0.15, 0.2) is 35.0 Å². The van der Waals surface area contributed by atoms with E-state index in [1.807, 2.05) is 16.8 Å². The van der Waals surface area contributed by atoms with Crippen molar-refractivity contribution in [3.8, 4) is 16.9 Å². The maximum atomic E-state index is 6.40. The molecule has 23 heavy (non-hydrogen) atoms. The summed E-state index contributed by atoms with van der Waals surface area (Å²) in [6.45, 7) is 0.944. The number of benzene rings is 1. The fourth-order valence-electron chi connectivity index (χ4n) is 2.96. The molecule has 0 fully saturated rings. The summed E-state index contributed by atoms with van der Waals surface area (Å²) in [4.78, 5) is 0. The van der Waals surface area contributed by atoms with Crippen molar-refractivity contribution in [2.45, 2.75) is 19.3 Å². The van der Waals surface area contributed by atoms with Crippen LogP contribution in [0.25, 0.3) is 16.9 Å². The number of halogens is 2. The minimum atomic E-state index is 0.641. The minimum absolute atomic E-state index is 0.641. The summed E-state index contributed by atoms with van der Waals surface area (Å²) in [6.07, 6.45) is 3.33. The van der Waals surface area contributed by atoms with Crippen molar-refractivity contribution in [2.24, 2.45) is 0 Å². The summed E-state index contributed by atoms with van der Waals surface area (Å²) >= 11 is 14.3. The van der Waals surface area contributed by atoms with Gasteiger partial charge in [0.15, 0.2) is 0 Å². The molecule has 0 bridgehead atoms. The molecule has 0 aliphatic carbocycles. The van der Waals surface area contributed by atoms with Gasteiger partial charge in [0.2, 0.25) is 0 Å². The highest BCUT2D eigenvalue weighted by atomic mass is 35.5. The number of fused-ring (bicyclic) bond motifs is 1. The zero-order chi connectivity index (χ0) is 15.8. The summed E-state index contributed by atoms with van der Waals surface area (Å²) in [5.74, 6) is 1.04. The number of nitrogens with zero attached hydrogens (tertiary/aromatic N) is 2. The molecule has 3 nitrogen and oxygen atoms in total. The van der Waals surface area contributed by atoms with E-state index in [0.717, 1.165) is 48.6 Å². The van der Waals surface area contributed by atoms with Crippen molar-refractivity contribution in [1.82, 2.24) is 9.78 Å². The number of hydrogen-bond donors (Lipinski definition) is 1. The van der Waals surface area contributed by atoms with Gasteiger partial charge in [-0.05, 0) is 48.9 Å². The molecular formula is C17H15Cl2N3S. The van der Waals surface area contributed by atoms with Crippen molar-refractivity contribution in [2.75, 3.05) is 11.9 Å². The average Bonchev–Trinajstić information content (AvgIpc) is 3.12. The lowest BCUT2D eigenvalue weighted by Gasteiger charge is -2.11. The Kier molecular flexibility index (Phi) is 4.05. The van der Waals surface area contributed by atoms with Crippen LogP contribution in [0, 0.1) is 0 Å². The second-order valence-electron chi connectivity index (χ2n) is 5.58. The van der Waals surface area contributed by atoms with Crippen LogP contribution < -0.4 is 5.32 Å². The molecule has 118 valence electrons. The highest BCUT2D eigenvalue weighted by Crippen LogP contribution is 2.36. The second-order valence-corrected chi connectivity index (χ2v) is 7.20. The number of rotatable bonds is 2. The number of nitrogens with one attached hydrogen (secondary N) is 1. The van der Waals surface area contributed by atoms with Gasteiger partial charge >= 0.3 is 0 Å². The predicted octanol–water partition coefficient (Wildman–Crippen LogP) is 5.66. The van der Waals surface area contributed by atoms with Crippen molar-refractivity contribution < 1.29 is 0 Å². The molecule has 0 unspecified atom stereocenters. The van der Waals surface area contributed by atoms with Gasteiger partial charge in [-0.25, -0.2) is 4.68 Å². The first-order valence-corrected chi connectivity index (χ1v) is 9.27. The van der Waals surface area contributed by atoms with Crippen LogP contribution in [-0.2, 0) is 6.42 Å². The Morgan fingerprint density at radius 3 is 2.91 bits per heavy atom. The molecule has 6 heteroatoms. The standard InChI is InChI=1S/C17H15Cl2N3S/c18-12-4-5-14(19)15(9-12)22-17-13(3-1-2-7-20-17)16(21-22)11-6-8-23-10-11/h4-6,8-10,20H,1-3,7H2. The third-order valence-corrected chi connectivity index (χ3v) is 5.30. The van der Waals surface area contributed by atoms with Crippen LogP contribution in [0.2, 0.25) is 10.0 Å². The van der Waals surface area contributed by atoms with Gasteiger partial charge in [0.1, 0.15) is 5.82 Å². The Hall–Kier alpha value is -1.49. The summed E-state index contributed by atoms with van der Waals surface area (Å²) < 4.78 is 1.90. The quantitative estimate of drug-likeness (QED) is 0.636. The Balaban J connectivity index is 1.95. The number of thiophene rings is 1. The molecule has 3 aromatic rings. The van der Waals surface area contributed by atoms with Gasteiger partial charge in [-0.3, -0.25) is 0 Å². The third kappa shape index (κ3) is 2.75. The Bertz CT molecular complexity index is 840. The first-order valence-electron chi connectivity index (χ1n) is 7.58. The van der Waals surface area contributed by atoms with Gasteiger partial charge < -0.3 is 5.32 Å². The van der Waals surface area contributed by atoms with E-state index in [1.54, 1.807) is 17.4 Å². The molecule has 0 radical (unpaired) electrons. The number of hydrogen-bond acceptors (Lipinski definition) is 3. The van der Waals surface area contributed by atoms with Gasteiger partial charge in [-0.1, -0.05) is 23.2 Å². The molecule has 4 rings (SSSR count). The molecule has 1 aliphatic heterocycles. The van der Waals surface area contributed by atoms with Crippen molar-refractivity contribution in [3.05, 3.63) is 50.6 Å². The molecule has 3 heterocycles. The van der Waals surface area contributed by atoms with Gasteiger partial charge in [-0.2, -0.15) is 16.4 Å². The smallest absolute Gasteiger partial charge is 0.133 e. The number of aromatic nitrogens is 2. The van der Waals surface area contributed by atoms with E-state index in [9.17, 15) is 0 Å². The van der Waals surface area contributed by atoms with Crippen molar-refractivity contribution >= 4 is 40.4 Å². The molecule has 1 aromatic carbocycles. The van der Waals surface area contributed by atoms with Gasteiger partial charge in [0, 0.05) is 28.1 Å². The summed E-state index contributed by atoms with van der Waals surface area (Å²) in [6, 6.07) is 7.58. The van der Waals surface area contributed by atoms with Crippen LogP contribution in [0.3, 0.4) is 0 Å². The Labute approximate surface area is 148 Å². The minimum Gasteiger partial charge on any atom is -0.370 e. The van der Waals surface area contributed by atoms with E-state index in [4.69, 9.17) is 28.3 Å². The van der Waals surface area contributed by atoms with E-state index < -0.39 is 0 Å². The molecular weight excluding hydrogens is 349 g/mol. The van der Waals surface area contributed by atoms with Gasteiger partial charge in [0.05, 0.1) is 16.4 Å². The molecule has 0 amide bonds. The van der Waals surface area contributed by atoms with Crippen LogP contribution in [0.1, 0.15) is 18.4 Å². The number of anilines is 1. The zero-order valence-corrected chi connectivity index (χ0v) is 14.7. The molecule has 2 aromatic heterocycles. The average molecular weight is 364 g/mol. The predicted molar refractivity (Wildman–Crippen MR) is 98.3 cm³/mol. The van der Waals surface area contributed by atoms with E-state index in [0.29, 0.717) is 10.0 Å². The largest absolute Gasteiger partial charge is 0.370 e. The third-order valence-electron chi connectivity index (χ3n) is 4.06. The normalized spacial score (nSPS) is 14.2. The molecule has 0 atom stereocenters. The highest BCUT2D eigenvalue weighted by Gasteiger charge is 2.22. The fraction of sp³-hybridized carbons (Fsp3) is 0.235. The Morgan fingerprint density at radius 2 is 2.09 bits per heavy atom. The van der Waals surface area contributed by atoms with Crippen LogP contribution in [0.5, 0.6) is 0 Å². The van der Waals surface area contributed by atoms with Crippen LogP contribution in [-0.4, -0.2) is 16.3 Å². The maximum Gasteiger partial charge on any atom is 0.133 e. The molecule has 0 saturated heterocycles. The van der Waals surface area contributed by atoms with Crippen LogP contribution in [0.4, 0.5) is 5.82 Å². The van der Waals surface area contributed by atoms with Gasteiger partial charge in [-0.15, -0.1) is 0 Å². The lowest BCUT2D eigenvalue weighted by atomic mass is 10.1. The lowest BCUT2D eigenvalue weighted by Crippen LogP contribution is -2.07. The molecule has 0 spiro atoms. The summed E-state index contributed by atoms with van der Waals surface area (Å²) in [5.41, 5.74) is 4.27.